The van der Waals surface area contributed by atoms with Gasteiger partial charge in [-0.2, -0.15) is 5.10 Å². The van der Waals surface area contributed by atoms with Crippen LogP contribution in [-0.4, -0.2) is 34.2 Å². The third-order valence-corrected chi connectivity index (χ3v) is 2.93. The van der Waals surface area contributed by atoms with Gasteiger partial charge in [0.2, 0.25) is 0 Å². The fraction of sp³-hybridized carbons (Fsp3) is 0.267. The van der Waals surface area contributed by atoms with Crippen molar-refractivity contribution in [3.05, 3.63) is 47.0 Å². The molecule has 2 rings (SSSR count). The molecular formula is C15H17N5O. The Labute approximate surface area is 123 Å². The number of carbonyl (C=O) groups is 1. The summed E-state index contributed by atoms with van der Waals surface area (Å²) in [4.78, 5) is 16.0. The molecule has 0 aliphatic rings. The number of aromatic nitrogens is 3. The summed E-state index contributed by atoms with van der Waals surface area (Å²) >= 11 is 0. The average molecular weight is 283 g/mol. The zero-order chi connectivity index (χ0) is 15.1. The number of benzene rings is 1. The molecule has 0 radical (unpaired) electrons. The zero-order valence-corrected chi connectivity index (χ0v) is 11.8. The van der Waals surface area contributed by atoms with E-state index in [9.17, 15) is 4.79 Å². The summed E-state index contributed by atoms with van der Waals surface area (Å²) < 4.78 is 0. The van der Waals surface area contributed by atoms with Crippen molar-refractivity contribution in [1.29, 1.82) is 0 Å². The molecule has 0 bridgehead atoms. The minimum Gasteiger partial charge on any atom is -0.352 e. The lowest BCUT2D eigenvalue weighted by atomic mass is 10.0. The van der Waals surface area contributed by atoms with Crippen molar-refractivity contribution >= 4 is 5.91 Å². The van der Waals surface area contributed by atoms with Gasteiger partial charge in [0.25, 0.3) is 5.91 Å². The number of hydrogen-bond acceptors (Lipinski definition) is 4. The highest BCUT2D eigenvalue weighted by Crippen LogP contribution is 2.10. The second kappa shape index (κ2) is 7.22. The first kappa shape index (κ1) is 14.8. The van der Waals surface area contributed by atoms with E-state index in [1.807, 2.05) is 19.1 Å². The Bertz CT molecular complexity index is 667. The molecule has 1 aromatic carbocycles. The molecule has 108 valence electrons. The van der Waals surface area contributed by atoms with Gasteiger partial charge >= 0.3 is 0 Å². The van der Waals surface area contributed by atoms with Crippen LogP contribution in [0.4, 0.5) is 0 Å². The van der Waals surface area contributed by atoms with E-state index in [2.05, 4.69) is 32.3 Å². The summed E-state index contributed by atoms with van der Waals surface area (Å²) in [5.41, 5.74) is 7.81. The number of carbonyl (C=O) groups excluding carboxylic acids is 1. The molecule has 0 saturated carbocycles. The van der Waals surface area contributed by atoms with Crippen molar-refractivity contribution in [3.8, 4) is 11.8 Å². The summed E-state index contributed by atoms with van der Waals surface area (Å²) in [7, 11) is 0. The molecule has 0 aliphatic heterocycles. The molecule has 0 unspecified atom stereocenters. The van der Waals surface area contributed by atoms with Crippen molar-refractivity contribution in [2.24, 2.45) is 5.73 Å². The SMILES string of the molecule is Cc1cc(C(=O)NCCc2ncn[nH]2)ccc1C#CCN. The Balaban J connectivity index is 1.94. The normalized spacial score (nSPS) is 9.81. The standard InChI is InChI=1S/C15H17N5O/c1-11-9-13(5-4-12(11)3-2-7-16)15(21)17-8-6-14-18-10-19-20-14/h4-5,9-10H,6-8,16H2,1H3,(H,17,21)(H,18,19,20). The van der Waals surface area contributed by atoms with Crippen LogP contribution in [0.1, 0.15) is 27.3 Å². The summed E-state index contributed by atoms with van der Waals surface area (Å²) in [6.45, 7) is 2.75. The van der Waals surface area contributed by atoms with Crippen LogP contribution in [0.2, 0.25) is 0 Å². The van der Waals surface area contributed by atoms with Crippen molar-refractivity contribution < 1.29 is 4.79 Å². The van der Waals surface area contributed by atoms with E-state index in [4.69, 9.17) is 5.73 Å². The first-order chi connectivity index (χ1) is 10.2. The van der Waals surface area contributed by atoms with Gasteiger partial charge in [-0.3, -0.25) is 9.89 Å². The van der Waals surface area contributed by atoms with Gasteiger partial charge in [-0.25, -0.2) is 4.98 Å². The number of H-pyrrole nitrogens is 1. The van der Waals surface area contributed by atoms with Gasteiger partial charge in [0.1, 0.15) is 12.2 Å². The minimum absolute atomic E-state index is 0.115. The molecule has 1 heterocycles. The van der Waals surface area contributed by atoms with Crippen LogP contribution >= 0.6 is 0 Å². The molecule has 1 amide bonds. The van der Waals surface area contributed by atoms with Crippen molar-refractivity contribution in [1.82, 2.24) is 20.5 Å². The Morgan fingerprint density at radius 1 is 1.48 bits per heavy atom. The highest BCUT2D eigenvalue weighted by atomic mass is 16.1. The molecule has 2 aromatic rings. The Morgan fingerprint density at radius 2 is 2.33 bits per heavy atom. The largest absolute Gasteiger partial charge is 0.352 e. The predicted molar refractivity (Wildman–Crippen MR) is 79.5 cm³/mol. The lowest BCUT2D eigenvalue weighted by Gasteiger charge is -2.06. The van der Waals surface area contributed by atoms with Crippen LogP contribution in [0.3, 0.4) is 0 Å². The van der Waals surface area contributed by atoms with Crippen molar-refractivity contribution in [2.75, 3.05) is 13.1 Å². The molecule has 6 nitrogen and oxygen atoms in total. The molecule has 0 spiro atoms. The van der Waals surface area contributed by atoms with Gasteiger partial charge in [0.05, 0.1) is 6.54 Å². The highest BCUT2D eigenvalue weighted by molar-refractivity contribution is 5.94. The van der Waals surface area contributed by atoms with Crippen molar-refractivity contribution in [3.63, 3.8) is 0 Å². The molecular weight excluding hydrogens is 266 g/mol. The second-order valence-corrected chi connectivity index (χ2v) is 4.47. The third kappa shape index (κ3) is 4.16. The number of nitrogens with two attached hydrogens (primary N) is 1. The van der Waals surface area contributed by atoms with Crippen LogP contribution in [0, 0.1) is 18.8 Å². The molecule has 0 aliphatic carbocycles. The first-order valence-electron chi connectivity index (χ1n) is 6.62. The number of aromatic amines is 1. The van der Waals surface area contributed by atoms with Crippen molar-refractivity contribution in [2.45, 2.75) is 13.3 Å². The molecule has 0 atom stereocenters. The molecule has 4 N–H and O–H groups in total. The third-order valence-electron chi connectivity index (χ3n) is 2.93. The Kier molecular flexibility index (Phi) is 5.07. The quantitative estimate of drug-likeness (QED) is 0.707. The zero-order valence-electron chi connectivity index (χ0n) is 11.8. The van der Waals surface area contributed by atoms with Gasteiger partial charge < -0.3 is 11.1 Å². The predicted octanol–water partition coefficient (Wildman–Crippen LogP) is 0.396. The second-order valence-electron chi connectivity index (χ2n) is 4.47. The summed E-state index contributed by atoms with van der Waals surface area (Å²) in [5.74, 6) is 6.41. The molecule has 1 aromatic heterocycles. The van der Waals surface area contributed by atoms with Crippen LogP contribution < -0.4 is 11.1 Å². The Morgan fingerprint density at radius 3 is 3.00 bits per heavy atom. The van der Waals surface area contributed by atoms with Gasteiger partial charge in [0, 0.05) is 24.1 Å². The smallest absolute Gasteiger partial charge is 0.251 e. The number of hydrogen-bond donors (Lipinski definition) is 3. The lowest BCUT2D eigenvalue weighted by Crippen LogP contribution is -2.26. The van der Waals surface area contributed by atoms with Crippen LogP contribution in [0.15, 0.2) is 24.5 Å². The van der Waals surface area contributed by atoms with Gasteiger partial charge in [-0.1, -0.05) is 11.8 Å². The van der Waals surface area contributed by atoms with Crippen LogP contribution in [0.25, 0.3) is 0 Å². The first-order valence-corrected chi connectivity index (χ1v) is 6.62. The molecule has 0 saturated heterocycles. The van der Waals surface area contributed by atoms with Crippen LogP contribution in [0.5, 0.6) is 0 Å². The van der Waals surface area contributed by atoms with E-state index in [1.54, 1.807) is 6.07 Å². The van der Waals surface area contributed by atoms with E-state index < -0.39 is 0 Å². The minimum atomic E-state index is -0.115. The van der Waals surface area contributed by atoms with Gasteiger partial charge in [-0.15, -0.1) is 0 Å². The lowest BCUT2D eigenvalue weighted by molar-refractivity contribution is 0.0954. The average Bonchev–Trinajstić information content (AvgIpc) is 2.99. The summed E-state index contributed by atoms with van der Waals surface area (Å²) in [6, 6.07) is 5.42. The maximum Gasteiger partial charge on any atom is 0.251 e. The summed E-state index contributed by atoms with van der Waals surface area (Å²) in [6.07, 6.45) is 2.06. The fourth-order valence-corrected chi connectivity index (χ4v) is 1.84. The van der Waals surface area contributed by atoms with E-state index >= 15 is 0 Å². The van der Waals surface area contributed by atoms with E-state index in [-0.39, 0.29) is 5.91 Å². The number of rotatable bonds is 4. The van der Waals surface area contributed by atoms with Crippen LogP contribution in [-0.2, 0) is 6.42 Å². The van der Waals surface area contributed by atoms with Gasteiger partial charge in [-0.05, 0) is 30.7 Å². The highest BCUT2D eigenvalue weighted by Gasteiger charge is 2.07. The van der Waals surface area contributed by atoms with Gasteiger partial charge in [0.15, 0.2) is 0 Å². The molecule has 0 fully saturated rings. The summed E-state index contributed by atoms with van der Waals surface area (Å²) in [5, 5.41) is 9.35. The Hall–Kier alpha value is -2.65. The molecule has 6 heteroatoms. The maximum absolute atomic E-state index is 12.0. The van der Waals surface area contributed by atoms with E-state index in [0.717, 1.165) is 17.0 Å². The number of amides is 1. The van der Waals surface area contributed by atoms with E-state index in [1.165, 1.54) is 6.33 Å². The number of nitrogens with zero attached hydrogens (tertiary/aromatic N) is 2. The maximum atomic E-state index is 12.0. The number of nitrogens with one attached hydrogen (secondary N) is 2. The molecule has 21 heavy (non-hydrogen) atoms. The number of aryl methyl sites for hydroxylation is 1. The van der Waals surface area contributed by atoms with E-state index in [0.29, 0.717) is 25.1 Å². The fourth-order valence-electron chi connectivity index (χ4n) is 1.84. The topological polar surface area (TPSA) is 96.7 Å². The monoisotopic (exact) mass is 283 g/mol.